The Morgan fingerprint density at radius 2 is 0.0500 bits per heavy atom. The van der Waals surface area contributed by atoms with Gasteiger partial charge in [-0.05, 0) is 0 Å². The van der Waals surface area contributed by atoms with Gasteiger partial charge in [-0.1, -0.05) is 0 Å². The van der Waals surface area contributed by atoms with Crippen LogP contribution in [0.3, 0.4) is 0 Å². The molecule has 0 radical (unpaired) electrons. The molecule has 0 amide bonds. The molecule has 0 rings (SSSR count). The molecular weight excluding hydrogens is 1880 g/mol. The van der Waals surface area contributed by atoms with Crippen LogP contribution >= 0.6 is 248 Å². The van der Waals surface area contributed by atoms with E-state index >= 15 is 0 Å². The van der Waals surface area contributed by atoms with Crippen LogP contribution in [0.25, 0.3) is 0 Å². The zero-order valence-corrected chi connectivity index (χ0v) is 107. The predicted molar refractivity (Wildman–Crippen MR) is 145 cm³/mol. The van der Waals surface area contributed by atoms with E-state index in [9.17, 15) is 0 Å². The zero-order chi connectivity index (χ0) is 0. The quantitative estimate of drug-likeness (QED) is 0.212. The van der Waals surface area contributed by atoms with Crippen molar-refractivity contribution in [3.8, 4) is 0 Å². The van der Waals surface area contributed by atoms with E-state index in [-0.39, 0.29) is 1090 Å². The minimum atomic E-state index is 0. The van der Waals surface area contributed by atoms with E-state index in [1.165, 1.54) is 0 Å². The van der Waals surface area contributed by atoms with Gasteiger partial charge in [-0.15, -0.1) is 248 Å². The van der Waals surface area contributed by atoms with Gasteiger partial charge in [0.1, 0.15) is 0 Å². The second-order valence-electron chi connectivity index (χ2n) is 0. The summed E-state index contributed by atoms with van der Waals surface area (Å²) < 4.78 is 0. The van der Waals surface area contributed by atoms with Crippen molar-refractivity contribution in [3.05, 3.63) is 0 Å². The second-order valence-corrected chi connectivity index (χ2v) is 0. The molecule has 0 heterocycles. The van der Waals surface area contributed by atoms with Crippen LogP contribution in [0.1, 0.15) is 0 Å². The van der Waals surface area contributed by atoms with Gasteiger partial charge in [0.25, 0.3) is 0 Å². The maximum Gasteiger partial charge on any atom is 1.00 e. The van der Waals surface area contributed by atoms with Gasteiger partial charge in [0.2, 0.25) is 0 Å². The summed E-state index contributed by atoms with van der Waals surface area (Å²) in [4.78, 5) is 0. The summed E-state index contributed by atoms with van der Waals surface area (Å²) in [5, 5.41) is 0. The van der Waals surface area contributed by atoms with E-state index in [2.05, 4.69) is 0 Å². The fraction of sp³-hybridized carbons (Fsp3) is 0. The summed E-state index contributed by atoms with van der Waals surface area (Å²) in [7, 11) is 0. The summed E-state index contributed by atoms with van der Waals surface area (Å²) in [6.07, 6.45) is 0. The van der Waals surface area contributed by atoms with E-state index in [1.54, 1.807) is 0 Å². The first-order valence-electron chi connectivity index (χ1n) is 0. The molecule has 0 aliphatic rings. The van der Waals surface area contributed by atoms with Crippen molar-refractivity contribution in [1.29, 1.82) is 0 Å². The summed E-state index contributed by atoms with van der Waals surface area (Å²) in [5.74, 6) is 0. The molecule has 0 fully saturated rings. The fourth-order valence-electron chi connectivity index (χ4n) is 0. The number of hydrogen-bond donors (Lipinski definition) is 0. The third-order valence-corrected chi connectivity index (χ3v) is 0. The molecule has 0 spiro atoms. The van der Waals surface area contributed by atoms with Crippen LogP contribution in [0.2, 0.25) is 0 Å². The maximum absolute atomic E-state index is 0. The van der Waals surface area contributed by atoms with Crippen molar-refractivity contribution in [3.63, 3.8) is 0 Å². The second kappa shape index (κ2) is 728. The van der Waals surface area contributed by atoms with E-state index < -0.39 is 0 Å². The summed E-state index contributed by atoms with van der Waals surface area (Å²) in [6, 6.07) is 0. The molecule has 0 nitrogen and oxygen atoms in total. The first kappa shape index (κ1) is 753. The van der Waals surface area contributed by atoms with Crippen molar-refractivity contribution >= 4 is 248 Å². The van der Waals surface area contributed by atoms with Gasteiger partial charge in [0.15, 0.2) is 0 Å². The molecule has 0 bridgehead atoms. The van der Waals surface area contributed by atoms with Gasteiger partial charge in [-0.2, -0.15) is 0 Å². The molecule has 0 saturated carbocycles. The molecule has 0 unspecified atom stereocenters. The van der Waals surface area contributed by atoms with Crippen molar-refractivity contribution in [1.82, 2.24) is 0 Å². The van der Waals surface area contributed by atoms with Crippen LogP contribution in [0.5, 0.6) is 0 Å². The first-order chi connectivity index (χ1) is 0. The van der Waals surface area contributed by atoms with Crippen LogP contribution in [0.15, 0.2) is 0 Å². The topological polar surface area (TPSA) is 0 Å². The van der Waals surface area contributed by atoms with Crippen molar-refractivity contribution in [2.75, 3.05) is 0 Å². The Kier molecular flexibility index (Phi) is 9140. The Morgan fingerprint density at radius 3 is 0.0500 bits per heavy atom. The van der Waals surface area contributed by atoms with E-state index in [1.807, 2.05) is 0 Å². The summed E-state index contributed by atoms with van der Waals surface area (Å²) in [5.41, 5.74) is 0. The van der Waals surface area contributed by atoms with Gasteiger partial charge in [0.05, 0.1) is 0 Å². The fourth-order valence-corrected chi connectivity index (χ4v) is 0. The molecule has 0 atom stereocenters. The largest absolute Gasteiger partial charge is 1.00 e. The zero-order valence-electron chi connectivity index (χ0n) is 35.7. The number of hydrogen-bond acceptors (Lipinski definition) is 0. The Labute approximate surface area is 1060 Å². The third-order valence-electron chi connectivity index (χ3n) is 0. The third kappa shape index (κ3) is 704. The normalized spacial score (nSPS) is 0. The van der Waals surface area contributed by atoms with E-state index in [0.29, 0.717) is 0 Å². The molecule has 0 aromatic rings. The van der Waals surface area contributed by atoms with Crippen LogP contribution in [0, 0.1) is 0 Å². The van der Waals surface area contributed by atoms with Crippen molar-refractivity contribution < 1.29 is 839 Å². The Bertz CT molecular complexity index is 55.1. The molecule has 60 heavy (non-hydrogen) atoms. The molecule has 0 aromatic heterocycles. The molecule has 60 heteroatoms. The Balaban J connectivity index is 0. The summed E-state index contributed by atoms with van der Waals surface area (Å²) >= 11 is 0. The maximum atomic E-state index is 0. The van der Waals surface area contributed by atoms with E-state index in [4.69, 9.17) is 0 Å². The van der Waals surface area contributed by atoms with Crippen LogP contribution in [-0.2, 0) is 0 Å². The Morgan fingerprint density at radius 1 is 0.0500 bits per heavy atom. The van der Waals surface area contributed by atoms with Gasteiger partial charge >= 0.3 is 591 Å². The Hall–Kier alpha value is 31.6. The molecule has 0 aliphatic heterocycles. The SMILES string of the molecule is Cl.Cl.Cl.Cl.Cl.Cl.Cl.Cl.Cl.Cl.Cl.Cl.Cl.Cl.Cl.Cl.Cl.Cl.Cl.Cl.[Cl-].[Cl-].[Cl-].[Cl-].[Cl-].[Cl-].[Cl-].[Cl-].[Cl-].[Cl-].[Cl-].[Cl-].[Cl-].[Cl-].[Cl-].[Cl-].[Cl-].[Cl-].[Cl-].[Cl-].[Na+].[Na+].[Na+].[Na+].[Na+].[Na+].[Na+].[Na+].[Na+].[Na+].[Na+].[Na+].[Na+].[Na+].[Na+].[Na+].[Na+].[Na+].[Na+].[Na+]. The van der Waals surface area contributed by atoms with Gasteiger partial charge < -0.3 is 248 Å². The minimum absolute atomic E-state index is 0. The molecule has 0 N–H and O–H groups in total. The summed E-state index contributed by atoms with van der Waals surface area (Å²) in [6.45, 7) is 0. The van der Waals surface area contributed by atoms with Crippen molar-refractivity contribution in [2.45, 2.75) is 0 Å². The van der Waals surface area contributed by atoms with Gasteiger partial charge in [-0.25, -0.2) is 0 Å². The van der Waals surface area contributed by atoms with Crippen LogP contribution in [0.4, 0.5) is 0 Å². The van der Waals surface area contributed by atoms with E-state index in [0.717, 1.165) is 0 Å². The average molecular weight is 1900 g/mol. The standard InChI is InChI=1S/40ClH.20Na/h40*1H;;;;;;;;;;;;;;;;;;;;/q;;;;;;;;;;;;;;;;;;;;;;;;;;;;;;;;;;;;;;;;20*+1/p-20. The predicted octanol–water partition coefficient (Wildman–Crippen LogP) is -111. The van der Waals surface area contributed by atoms with Crippen LogP contribution < -0.4 is 839 Å². The molecule has 0 saturated heterocycles. The number of rotatable bonds is 0. The van der Waals surface area contributed by atoms with Crippen LogP contribution in [-0.4, -0.2) is 0 Å². The first-order valence-corrected chi connectivity index (χ1v) is 0. The monoisotopic (exact) mass is 1880 g/mol. The molecular formula is H20Cl40Na20. The van der Waals surface area contributed by atoms with Crippen molar-refractivity contribution in [2.24, 2.45) is 0 Å². The minimum Gasteiger partial charge on any atom is -1.00 e. The smallest absolute Gasteiger partial charge is 1.00 e. The molecule has 0 aliphatic carbocycles. The molecule has 0 aromatic carbocycles. The number of halogens is 40. The van der Waals surface area contributed by atoms with Gasteiger partial charge in [0, 0.05) is 0 Å². The average Bonchev–Trinajstić information content (AvgIpc) is 0. The van der Waals surface area contributed by atoms with Gasteiger partial charge in [-0.3, -0.25) is 0 Å². The molecule has 320 valence electrons.